The summed E-state index contributed by atoms with van der Waals surface area (Å²) in [7, 11) is 0. The fraction of sp³-hybridized carbons (Fsp3) is 0.200. The summed E-state index contributed by atoms with van der Waals surface area (Å²) in [6.45, 7) is 0. The van der Waals surface area contributed by atoms with Gasteiger partial charge in [-0.1, -0.05) is 23.2 Å². The van der Waals surface area contributed by atoms with Crippen LogP contribution in [0.4, 0.5) is 26.3 Å². The summed E-state index contributed by atoms with van der Waals surface area (Å²) in [5, 5.41) is 0.521. The lowest BCUT2D eigenvalue weighted by atomic mass is 10.2. The fourth-order valence-corrected chi connectivity index (χ4v) is 2.60. The van der Waals surface area contributed by atoms with E-state index in [4.69, 9.17) is 23.2 Å². The highest BCUT2D eigenvalue weighted by Crippen LogP contribution is 2.37. The molecule has 0 atom stereocenters. The molecule has 13 heteroatoms. The average molecular weight is 398 g/mol. The first-order valence-corrected chi connectivity index (χ1v) is 6.90. The van der Waals surface area contributed by atoms with Crippen LogP contribution in [0.3, 0.4) is 0 Å². The van der Waals surface area contributed by atoms with E-state index >= 15 is 0 Å². The van der Waals surface area contributed by atoms with Gasteiger partial charge in [-0.3, -0.25) is 5.10 Å². The van der Waals surface area contributed by atoms with Gasteiger partial charge in [0.1, 0.15) is 16.9 Å². The lowest BCUT2D eigenvalue weighted by Gasteiger charge is -2.12. The SMILES string of the molecule is O=S=c1nc(C(F)(F)F)[nH]n1-c1c(Cl)cc(C(F)(F)F)cc1Cl. The fourth-order valence-electron chi connectivity index (χ4n) is 1.60. The molecule has 126 valence electrons. The standard InChI is InChI=1S/C10H3Cl2F6N3OS/c11-4-1-3(9(13,14)15)2-5(12)6(4)21-8(23-22)19-7(20-21)10(16,17)18/h1-2H,(H,19,20). The quantitative estimate of drug-likeness (QED) is 0.576. The summed E-state index contributed by atoms with van der Waals surface area (Å²) >= 11 is 10.9. The zero-order chi connectivity index (χ0) is 17.6. The second-order valence-electron chi connectivity index (χ2n) is 4.06. The van der Waals surface area contributed by atoms with Crippen LogP contribution in [-0.4, -0.2) is 19.0 Å². The van der Waals surface area contributed by atoms with Crippen molar-refractivity contribution in [2.45, 2.75) is 12.4 Å². The van der Waals surface area contributed by atoms with Gasteiger partial charge >= 0.3 is 12.4 Å². The van der Waals surface area contributed by atoms with Gasteiger partial charge in [-0.15, -0.1) is 0 Å². The lowest BCUT2D eigenvalue weighted by Crippen LogP contribution is -2.10. The third-order valence-electron chi connectivity index (χ3n) is 2.53. The molecule has 0 fully saturated rings. The van der Waals surface area contributed by atoms with E-state index < -0.39 is 55.5 Å². The van der Waals surface area contributed by atoms with E-state index in [0.717, 1.165) is 0 Å². The number of hydrogen-bond acceptors (Lipinski definition) is 2. The summed E-state index contributed by atoms with van der Waals surface area (Å²) in [6.07, 6.45) is -9.65. The van der Waals surface area contributed by atoms with Crippen LogP contribution in [0.25, 0.3) is 5.69 Å². The summed E-state index contributed by atoms with van der Waals surface area (Å²) in [5.74, 6) is -1.53. The Morgan fingerprint density at radius 2 is 1.57 bits per heavy atom. The highest BCUT2D eigenvalue weighted by atomic mass is 35.5. The molecule has 0 saturated carbocycles. The summed E-state index contributed by atoms with van der Waals surface area (Å²) in [4.78, 5) is 3.02. The van der Waals surface area contributed by atoms with Gasteiger partial charge < -0.3 is 0 Å². The van der Waals surface area contributed by atoms with Gasteiger partial charge in [-0.05, 0) is 12.1 Å². The molecule has 1 N–H and O–H groups in total. The molecule has 0 amide bonds. The number of nitrogens with zero attached hydrogens (tertiary/aromatic N) is 2. The number of aromatic nitrogens is 3. The van der Waals surface area contributed by atoms with Gasteiger partial charge in [0.15, 0.2) is 0 Å². The first-order valence-electron chi connectivity index (χ1n) is 5.41. The molecule has 1 aromatic carbocycles. The molecular formula is C10H3Cl2F6N3OS. The second-order valence-corrected chi connectivity index (χ2v) is 5.40. The van der Waals surface area contributed by atoms with Crippen molar-refractivity contribution in [2.24, 2.45) is 0 Å². The molecule has 0 unspecified atom stereocenters. The largest absolute Gasteiger partial charge is 0.451 e. The van der Waals surface area contributed by atoms with Crippen LogP contribution in [0.5, 0.6) is 0 Å². The Balaban J connectivity index is 2.74. The molecule has 2 aromatic rings. The number of rotatable bonds is 1. The summed E-state index contributed by atoms with van der Waals surface area (Å²) in [6, 6.07) is 0.951. The smallest absolute Gasteiger partial charge is 0.271 e. The van der Waals surface area contributed by atoms with Crippen molar-refractivity contribution in [3.63, 3.8) is 0 Å². The molecule has 0 aliphatic heterocycles. The Kier molecular flexibility index (Phi) is 4.57. The maximum Gasteiger partial charge on any atom is 0.451 e. The Bertz CT molecular complexity index is 826. The Morgan fingerprint density at radius 1 is 1.04 bits per heavy atom. The number of nitrogens with one attached hydrogen (secondary N) is 1. The molecule has 23 heavy (non-hydrogen) atoms. The minimum absolute atomic E-state index is 0.415. The molecule has 0 spiro atoms. The first kappa shape index (κ1) is 17.9. The molecular weight excluding hydrogens is 395 g/mol. The zero-order valence-corrected chi connectivity index (χ0v) is 12.7. The van der Waals surface area contributed by atoms with E-state index in [1.807, 2.05) is 0 Å². The van der Waals surface area contributed by atoms with Crippen molar-refractivity contribution in [1.29, 1.82) is 0 Å². The predicted molar refractivity (Wildman–Crippen MR) is 69.3 cm³/mol. The maximum absolute atomic E-state index is 12.6. The molecule has 1 heterocycles. The Labute approximate surface area is 136 Å². The highest BCUT2D eigenvalue weighted by molar-refractivity contribution is 7.56. The highest BCUT2D eigenvalue weighted by Gasteiger charge is 2.36. The van der Waals surface area contributed by atoms with Crippen molar-refractivity contribution in [1.82, 2.24) is 14.8 Å². The molecule has 1 aromatic heterocycles. The molecule has 0 radical (unpaired) electrons. The van der Waals surface area contributed by atoms with E-state index in [0.29, 0.717) is 16.8 Å². The minimum atomic E-state index is -4.90. The van der Waals surface area contributed by atoms with Gasteiger partial charge in [0.2, 0.25) is 5.82 Å². The van der Waals surface area contributed by atoms with Crippen molar-refractivity contribution >= 4 is 34.5 Å². The summed E-state index contributed by atoms with van der Waals surface area (Å²) in [5.41, 5.74) is -1.65. The third kappa shape index (κ3) is 3.56. The van der Waals surface area contributed by atoms with Crippen LogP contribution < -0.4 is 0 Å². The number of H-pyrrole nitrogens is 1. The number of aromatic amines is 1. The number of benzene rings is 1. The van der Waals surface area contributed by atoms with Crippen molar-refractivity contribution in [3.05, 3.63) is 38.3 Å². The maximum atomic E-state index is 12.6. The molecule has 0 aliphatic carbocycles. The van der Waals surface area contributed by atoms with E-state index in [1.54, 1.807) is 5.10 Å². The van der Waals surface area contributed by atoms with Crippen molar-refractivity contribution in [3.8, 4) is 5.69 Å². The monoisotopic (exact) mass is 397 g/mol. The van der Waals surface area contributed by atoms with Crippen LogP contribution in [0.15, 0.2) is 12.1 Å². The van der Waals surface area contributed by atoms with E-state index in [9.17, 15) is 30.6 Å². The molecule has 0 aliphatic rings. The Hall–Kier alpha value is -1.46. The first-order chi connectivity index (χ1) is 10.4. The third-order valence-corrected chi connectivity index (χ3v) is 3.53. The van der Waals surface area contributed by atoms with Crippen molar-refractivity contribution < 1.29 is 30.6 Å². The van der Waals surface area contributed by atoms with Crippen LogP contribution in [0, 0.1) is 4.77 Å². The zero-order valence-electron chi connectivity index (χ0n) is 10.4. The minimum Gasteiger partial charge on any atom is -0.271 e. The topological polar surface area (TPSA) is 50.7 Å². The predicted octanol–water partition coefficient (Wildman–Crippen LogP) is 4.29. The van der Waals surface area contributed by atoms with E-state index in [2.05, 4.69) is 4.98 Å². The molecule has 0 saturated heterocycles. The van der Waals surface area contributed by atoms with Crippen molar-refractivity contribution in [2.75, 3.05) is 0 Å². The molecule has 4 nitrogen and oxygen atoms in total. The molecule has 2 rings (SSSR count). The van der Waals surface area contributed by atoms with Crippen LogP contribution in [0.1, 0.15) is 11.4 Å². The van der Waals surface area contributed by atoms with Gasteiger partial charge in [0, 0.05) is 0 Å². The van der Waals surface area contributed by atoms with Gasteiger partial charge in [-0.25, -0.2) is 8.89 Å². The Morgan fingerprint density at radius 3 is 1.96 bits per heavy atom. The normalized spacial score (nSPS) is 12.5. The van der Waals surface area contributed by atoms with E-state index in [1.165, 1.54) is 0 Å². The van der Waals surface area contributed by atoms with Gasteiger partial charge in [-0.2, -0.15) is 31.3 Å². The second kappa shape index (κ2) is 5.87. The van der Waals surface area contributed by atoms with Gasteiger partial charge in [0.05, 0.1) is 15.6 Å². The van der Waals surface area contributed by atoms with Crippen LogP contribution in [0.2, 0.25) is 10.0 Å². The lowest BCUT2D eigenvalue weighted by molar-refractivity contribution is -0.144. The average Bonchev–Trinajstić information content (AvgIpc) is 2.80. The van der Waals surface area contributed by atoms with Crippen LogP contribution in [-0.2, 0) is 23.6 Å². The molecule has 0 bridgehead atoms. The van der Waals surface area contributed by atoms with Crippen LogP contribution >= 0.6 is 23.2 Å². The number of hydrogen-bond donors (Lipinski definition) is 1. The summed E-state index contributed by atoms with van der Waals surface area (Å²) < 4.78 is 86.4. The van der Waals surface area contributed by atoms with Gasteiger partial charge in [0.25, 0.3) is 4.77 Å². The number of alkyl halides is 6. The van der Waals surface area contributed by atoms with E-state index in [-0.39, 0.29) is 0 Å². The number of halogens is 8.